The van der Waals surface area contributed by atoms with Gasteiger partial charge in [-0.1, -0.05) is 12.8 Å². The van der Waals surface area contributed by atoms with Crippen LogP contribution in [0.1, 0.15) is 45.4 Å². The average molecular weight is 234 g/mol. The van der Waals surface area contributed by atoms with Crippen molar-refractivity contribution in [3.8, 4) is 0 Å². The van der Waals surface area contributed by atoms with Gasteiger partial charge in [-0.25, -0.2) is 0 Å². The van der Waals surface area contributed by atoms with Crippen molar-refractivity contribution >= 4 is 11.6 Å². The second-order valence-electron chi connectivity index (χ2n) is 6.48. The maximum absolute atomic E-state index is 12.5. The number of hydrogen-bond acceptors (Lipinski definition) is 3. The highest BCUT2D eigenvalue weighted by Crippen LogP contribution is 2.66. The van der Waals surface area contributed by atoms with Crippen molar-refractivity contribution in [2.24, 2.45) is 17.3 Å². The summed E-state index contributed by atoms with van der Waals surface area (Å²) in [5.41, 5.74) is -0.775. The minimum absolute atomic E-state index is 0.0375. The summed E-state index contributed by atoms with van der Waals surface area (Å²) in [6, 6.07) is 0. The molecule has 0 N–H and O–H groups in total. The van der Waals surface area contributed by atoms with Crippen molar-refractivity contribution < 1.29 is 14.3 Å². The predicted octanol–water partition coefficient (Wildman–Crippen LogP) is 1.88. The van der Waals surface area contributed by atoms with Crippen molar-refractivity contribution in [3.63, 3.8) is 0 Å². The van der Waals surface area contributed by atoms with Gasteiger partial charge in [-0.05, 0) is 26.2 Å². The van der Waals surface area contributed by atoms with Crippen LogP contribution in [0.4, 0.5) is 0 Å². The molecule has 2 heterocycles. The molecule has 92 valence electrons. The fraction of sp³-hybridized carbons (Fsp3) is 0.857. The standard InChI is InChI=1S/C14H18O3/c1-13-6-2-3-7-14(13)10-8(4-5-9(10)15)11(17-14)12(13)16/h8,10-11H,2-7H2,1H3/t8-,10-,11-,13-,14+/m1/s1. The van der Waals surface area contributed by atoms with Gasteiger partial charge in [0.05, 0.1) is 16.9 Å². The van der Waals surface area contributed by atoms with E-state index in [2.05, 4.69) is 6.92 Å². The Morgan fingerprint density at radius 2 is 2.00 bits per heavy atom. The Morgan fingerprint density at radius 3 is 2.82 bits per heavy atom. The molecule has 1 spiro atoms. The van der Waals surface area contributed by atoms with E-state index in [1.807, 2.05) is 0 Å². The van der Waals surface area contributed by atoms with Crippen molar-refractivity contribution in [1.82, 2.24) is 0 Å². The Hall–Kier alpha value is -0.700. The first-order chi connectivity index (χ1) is 8.10. The lowest BCUT2D eigenvalue weighted by Crippen LogP contribution is -2.57. The summed E-state index contributed by atoms with van der Waals surface area (Å²) in [5, 5.41) is 0. The number of Topliss-reactive ketones (excluding diaryl/α,β-unsaturated/α-hetero) is 2. The van der Waals surface area contributed by atoms with Crippen LogP contribution in [0.2, 0.25) is 0 Å². The molecule has 4 aliphatic rings. The molecular weight excluding hydrogens is 216 g/mol. The van der Waals surface area contributed by atoms with Gasteiger partial charge in [-0.3, -0.25) is 9.59 Å². The van der Waals surface area contributed by atoms with Crippen LogP contribution in [0.25, 0.3) is 0 Å². The van der Waals surface area contributed by atoms with E-state index in [0.717, 1.165) is 32.1 Å². The summed E-state index contributed by atoms with van der Waals surface area (Å²) in [6.45, 7) is 2.05. The van der Waals surface area contributed by atoms with E-state index >= 15 is 0 Å². The summed E-state index contributed by atoms with van der Waals surface area (Å²) in [5.74, 6) is 0.906. The van der Waals surface area contributed by atoms with Gasteiger partial charge in [0.25, 0.3) is 0 Å². The summed E-state index contributed by atoms with van der Waals surface area (Å²) in [4.78, 5) is 24.7. The Balaban J connectivity index is 1.89. The molecule has 0 radical (unpaired) electrons. The van der Waals surface area contributed by atoms with Gasteiger partial charge < -0.3 is 4.74 Å². The quantitative estimate of drug-likeness (QED) is 0.642. The van der Waals surface area contributed by atoms with Crippen LogP contribution in [0.15, 0.2) is 0 Å². The van der Waals surface area contributed by atoms with E-state index in [-0.39, 0.29) is 23.4 Å². The molecule has 0 aromatic carbocycles. The number of hydrogen-bond donors (Lipinski definition) is 0. The summed E-state index contributed by atoms with van der Waals surface area (Å²) in [7, 11) is 0. The van der Waals surface area contributed by atoms with Crippen molar-refractivity contribution in [3.05, 3.63) is 0 Å². The van der Waals surface area contributed by atoms with E-state index in [1.165, 1.54) is 0 Å². The normalized spacial score (nSPS) is 56.2. The van der Waals surface area contributed by atoms with Gasteiger partial charge in [0.2, 0.25) is 0 Å². The smallest absolute Gasteiger partial charge is 0.170 e. The summed E-state index contributed by atoms with van der Waals surface area (Å²) < 4.78 is 6.15. The van der Waals surface area contributed by atoms with Crippen LogP contribution in [0.5, 0.6) is 0 Å². The maximum Gasteiger partial charge on any atom is 0.170 e. The number of rotatable bonds is 0. The van der Waals surface area contributed by atoms with Crippen LogP contribution >= 0.6 is 0 Å². The first kappa shape index (κ1) is 10.2. The predicted molar refractivity (Wildman–Crippen MR) is 60.4 cm³/mol. The number of ether oxygens (including phenoxy) is 1. The number of ketones is 2. The van der Waals surface area contributed by atoms with Gasteiger partial charge in [-0.15, -0.1) is 0 Å². The molecule has 3 heteroatoms. The Kier molecular flexibility index (Phi) is 1.70. The zero-order valence-corrected chi connectivity index (χ0v) is 10.2. The van der Waals surface area contributed by atoms with Gasteiger partial charge >= 0.3 is 0 Å². The highest BCUT2D eigenvalue weighted by atomic mass is 16.5. The molecule has 5 atom stereocenters. The minimum atomic E-state index is -0.411. The summed E-state index contributed by atoms with van der Waals surface area (Å²) in [6.07, 6.45) is 5.32. The van der Waals surface area contributed by atoms with E-state index in [0.29, 0.717) is 18.0 Å². The molecule has 4 fully saturated rings. The van der Waals surface area contributed by atoms with Crippen molar-refractivity contribution in [2.75, 3.05) is 0 Å². The highest BCUT2D eigenvalue weighted by molar-refractivity contribution is 5.99. The van der Waals surface area contributed by atoms with Crippen molar-refractivity contribution in [1.29, 1.82) is 0 Å². The van der Waals surface area contributed by atoms with E-state index in [9.17, 15) is 9.59 Å². The molecule has 2 aliphatic heterocycles. The zero-order chi connectivity index (χ0) is 11.8. The van der Waals surface area contributed by atoms with Gasteiger partial charge in [0.15, 0.2) is 5.78 Å². The number of carbonyl (C=O) groups is 2. The molecule has 0 amide bonds. The molecule has 2 bridgehead atoms. The minimum Gasteiger partial charge on any atom is -0.362 e. The first-order valence-electron chi connectivity index (χ1n) is 6.85. The van der Waals surface area contributed by atoms with Crippen LogP contribution in [0, 0.1) is 17.3 Å². The molecule has 3 nitrogen and oxygen atoms in total. The maximum atomic E-state index is 12.5. The third-order valence-corrected chi connectivity index (χ3v) is 5.94. The van der Waals surface area contributed by atoms with E-state index in [1.54, 1.807) is 0 Å². The third kappa shape index (κ3) is 0.885. The molecule has 0 unspecified atom stereocenters. The molecule has 2 saturated heterocycles. The monoisotopic (exact) mass is 234 g/mol. The molecule has 0 aromatic rings. The second-order valence-corrected chi connectivity index (χ2v) is 6.48. The van der Waals surface area contributed by atoms with Crippen molar-refractivity contribution in [2.45, 2.75) is 57.2 Å². The lowest BCUT2D eigenvalue weighted by Gasteiger charge is -2.48. The topological polar surface area (TPSA) is 43.4 Å². The lowest BCUT2D eigenvalue weighted by atomic mass is 9.53. The van der Waals surface area contributed by atoms with Gasteiger partial charge in [0.1, 0.15) is 11.9 Å². The SMILES string of the molecule is C[C@]12CCCC[C@@]13O[C@@H](C2=O)[C@@H]1CCC(=O)[C@@H]13. The Bertz CT molecular complexity index is 429. The molecular formula is C14H18O3. The third-order valence-electron chi connectivity index (χ3n) is 5.94. The molecule has 2 saturated carbocycles. The summed E-state index contributed by atoms with van der Waals surface area (Å²) >= 11 is 0. The van der Waals surface area contributed by atoms with Crippen LogP contribution in [-0.2, 0) is 14.3 Å². The van der Waals surface area contributed by atoms with Gasteiger partial charge in [0, 0.05) is 12.3 Å². The number of fused-ring (bicyclic) bond motifs is 3. The van der Waals surface area contributed by atoms with E-state index < -0.39 is 5.60 Å². The van der Waals surface area contributed by atoms with Gasteiger partial charge in [-0.2, -0.15) is 0 Å². The first-order valence-corrected chi connectivity index (χ1v) is 6.85. The van der Waals surface area contributed by atoms with Crippen LogP contribution < -0.4 is 0 Å². The fourth-order valence-electron chi connectivity index (χ4n) is 5.12. The zero-order valence-electron chi connectivity index (χ0n) is 10.2. The largest absolute Gasteiger partial charge is 0.362 e. The number of carbonyl (C=O) groups excluding carboxylic acids is 2. The molecule has 17 heavy (non-hydrogen) atoms. The van der Waals surface area contributed by atoms with E-state index in [4.69, 9.17) is 4.74 Å². The molecule has 4 rings (SSSR count). The second kappa shape index (κ2) is 2.82. The Morgan fingerprint density at radius 1 is 1.24 bits per heavy atom. The van der Waals surface area contributed by atoms with Crippen LogP contribution in [-0.4, -0.2) is 23.3 Å². The molecule has 0 aromatic heterocycles. The molecule has 2 aliphatic carbocycles. The average Bonchev–Trinajstić information content (AvgIpc) is 2.90. The van der Waals surface area contributed by atoms with Crippen LogP contribution in [0.3, 0.4) is 0 Å². The Labute approximate surface area is 101 Å². The fourth-order valence-corrected chi connectivity index (χ4v) is 5.12. The highest BCUT2D eigenvalue weighted by Gasteiger charge is 2.76. The lowest BCUT2D eigenvalue weighted by molar-refractivity contribution is -0.145.